The third-order valence-corrected chi connectivity index (χ3v) is 4.44. The number of nitrogens with zero attached hydrogens (tertiary/aromatic N) is 2. The molecule has 1 aliphatic carbocycles. The van der Waals surface area contributed by atoms with Gasteiger partial charge >= 0.3 is 6.18 Å². The minimum absolute atomic E-state index is 0.257. The van der Waals surface area contributed by atoms with E-state index in [0.29, 0.717) is 16.6 Å². The summed E-state index contributed by atoms with van der Waals surface area (Å²) in [5.41, 5.74) is -0.0578. The Labute approximate surface area is 124 Å². The van der Waals surface area contributed by atoms with Crippen molar-refractivity contribution in [3.63, 3.8) is 0 Å². The van der Waals surface area contributed by atoms with Crippen LogP contribution in [0.25, 0.3) is 0 Å². The van der Waals surface area contributed by atoms with Crippen molar-refractivity contribution < 1.29 is 13.2 Å². The lowest BCUT2D eigenvalue weighted by molar-refractivity contribution is -0.137. The monoisotopic (exact) mass is 313 g/mol. The first-order valence-electron chi connectivity index (χ1n) is 6.70. The molecule has 3 nitrogen and oxygen atoms in total. The van der Waals surface area contributed by atoms with Crippen LogP contribution in [0.2, 0.25) is 0 Å². The molecule has 1 fully saturated rings. The summed E-state index contributed by atoms with van der Waals surface area (Å²) in [6.45, 7) is 1.81. The van der Waals surface area contributed by atoms with Gasteiger partial charge in [-0.15, -0.1) is 10.2 Å². The zero-order valence-corrected chi connectivity index (χ0v) is 12.1. The lowest BCUT2D eigenvalue weighted by Crippen LogP contribution is -2.10. The van der Waals surface area contributed by atoms with Crippen molar-refractivity contribution in [2.24, 2.45) is 0 Å². The van der Waals surface area contributed by atoms with Crippen molar-refractivity contribution in [3.8, 4) is 0 Å². The largest absolute Gasteiger partial charge is 0.416 e. The van der Waals surface area contributed by atoms with Crippen LogP contribution in [0.1, 0.15) is 47.9 Å². The summed E-state index contributed by atoms with van der Waals surface area (Å²) >= 11 is 1.48. The highest BCUT2D eigenvalue weighted by Crippen LogP contribution is 2.42. The smallest absolute Gasteiger partial charge is 0.354 e. The van der Waals surface area contributed by atoms with Gasteiger partial charge in [0.2, 0.25) is 5.13 Å². The Bertz CT molecular complexity index is 634. The number of alkyl halides is 3. The fraction of sp³-hybridized carbons (Fsp3) is 0.429. The van der Waals surface area contributed by atoms with E-state index in [9.17, 15) is 13.2 Å². The zero-order valence-electron chi connectivity index (χ0n) is 11.3. The van der Waals surface area contributed by atoms with Gasteiger partial charge in [0.05, 0.1) is 11.6 Å². The first-order chi connectivity index (χ1) is 9.93. The number of aromatic nitrogens is 2. The molecule has 2 aromatic rings. The standard InChI is InChI=1S/C14H14F3N3S/c1-8(10-3-2-4-11(7-10)14(15,16)17)18-13-20-19-12(21-13)9-5-6-9/h2-4,7-9H,5-6H2,1H3,(H,18,20). The number of benzene rings is 1. The molecule has 0 bridgehead atoms. The second kappa shape index (κ2) is 5.29. The lowest BCUT2D eigenvalue weighted by atomic mass is 10.1. The zero-order chi connectivity index (χ0) is 15.0. The van der Waals surface area contributed by atoms with Crippen molar-refractivity contribution in [2.75, 3.05) is 5.32 Å². The number of nitrogens with one attached hydrogen (secondary N) is 1. The fourth-order valence-electron chi connectivity index (χ4n) is 2.04. The van der Waals surface area contributed by atoms with Crippen molar-refractivity contribution in [1.82, 2.24) is 10.2 Å². The molecule has 1 aliphatic rings. The quantitative estimate of drug-likeness (QED) is 0.896. The van der Waals surface area contributed by atoms with Gasteiger partial charge in [0.25, 0.3) is 0 Å². The maximum Gasteiger partial charge on any atom is 0.416 e. The third-order valence-electron chi connectivity index (χ3n) is 3.42. The molecule has 0 saturated heterocycles. The lowest BCUT2D eigenvalue weighted by Gasteiger charge is -2.15. The Balaban J connectivity index is 1.73. The predicted molar refractivity (Wildman–Crippen MR) is 75.4 cm³/mol. The molecule has 1 heterocycles. The van der Waals surface area contributed by atoms with E-state index >= 15 is 0 Å². The van der Waals surface area contributed by atoms with Gasteiger partial charge in [-0.05, 0) is 37.5 Å². The molecular weight excluding hydrogens is 299 g/mol. The van der Waals surface area contributed by atoms with Gasteiger partial charge in [-0.2, -0.15) is 13.2 Å². The van der Waals surface area contributed by atoms with Crippen LogP contribution in [-0.4, -0.2) is 10.2 Å². The predicted octanol–water partition coefficient (Wildman–Crippen LogP) is 4.61. The molecule has 1 N–H and O–H groups in total. The molecular formula is C14H14F3N3S. The number of hydrogen-bond acceptors (Lipinski definition) is 4. The van der Waals surface area contributed by atoms with Crippen LogP contribution in [0.15, 0.2) is 24.3 Å². The van der Waals surface area contributed by atoms with Crippen molar-refractivity contribution >= 4 is 16.5 Å². The third kappa shape index (κ3) is 3.34. The van der Waals surface area contributed by atoms with E-state index in [-0.39, 0.29) is 6.04 Å². The SMILES string of the molecule is CC(Nc1nnc(C2CC2)s1)c1cccc(C(F)(F)F)c1. The molecule has 0 radical (unpaired) electrons. The molecule has 1 aromatic heterocycles. The van der Waals surface area contributed by atoms with Crippen molar-refractivity contribution in [2.45, 2.75) is 37.9 Å². The second-order valence-corrected chi connectivity index (χ2v) is 6.22. The maximum absolute atomic E-state index is 12.7. The first kappa shape index (κ1) is 14.3. The van der Waals surface area contributed by atoms with Crippen LogP contribution >= 0.6 is 11.3 Å². The van der Waals surface area contributed by atoms with Crippen LogP contribution in [-0.2, 0) is 6.18 Å². The van der Waals surface area contributed by atoms with E-state index in [1.807, 2.05) is 6.92 Å². The summed E-state index contributed by atoms with van der Waals surface area (Å²) in [6, 6.07) is 5.08. The summed E-state index contributed by atoms with van der Waals surface area (Å²) < 4.78 is 38.1. The first-order valence-corrected chi connectivity index (χ1v) is 7.52. The highest BCUT2D eigenvalue weighted by molar-refractivity contribution is 7.15. The molecule has 1 aromatic carbocycles. The van der Waals surface area contributed by atoms with E-state index in [2.05, 4.69) is 15.5 Å². The topological polar surface area (TPSA) is 37.8 Å². The van der Waals surface area contributed by atoms with Gasteiger partial charge in [0, 0.05) is 5.92 Å². The number of anilines is 1. The van der Waals surface area contributed by atoms with E-state index in [1.54, 1.807) is 6.07 Å². The van der Waals surface area contributed by atoms with E-state index in [4.69, 9.17) is 0 Å². The number of rotatable bonds is 4. The Morgan fingerprint density at radius 2 is 2.05 bits per heavy atom. The van der Waals surface area contributed by atoms with Crippen LogP contribution in [0.5, 0.6) is 0 Å². The molecule has 3 rings (SSSR count). The van der Waals surface area contributed by atoms with Crippen LogP contribution in [0.4, 0.5) is 18.3 Å². The highest BCUT2D eigenvalue weighted by atomic mass is 32.1. The normalized spacial score (nSPS) is 16.8. The molecule has 1 atom stereocenters. The molecule has 21 heavy (non-hydrogen) atoms. The van der Waals surface area contributed by atoms with Gasteiger partial charge in [0.15, 0.2) is 0 Å². The molecule has 0 aliphatic heterocycles. The molecule has 7 heteroatoms. The van der Waals surface area contributed by atoms with E-state index in [1.165, 1.54) is 23.5 Å². The van der Waals surface area contributed by atoms with Gasteiger partial charge in [0.1, 0.15) is 5.01 Å². The summed E-state index contributed by atoms with van der Waals surface area (Å²) in [5, 5.41) is 12.9. The Kier molecular flexibility index (Phi) is 3.61. The Morgan fingerprint density at radius 1 is 1.29 bits per heavy atom. The van der Waals surface area contributed by atoms with Crippen LogP contribution in [0, 0.1) is 0 Å². The molecule has 0 spiro atoms. The van der Waals surface area contributed by atoms with E-state index in [0.717, 1.165) is 23.9 Å². The number of hydrogen-bond donors (Lipinski definition) is 1. The van der Waals surface area contributed by atoms with Crippen LogP contribution in [0.3, 0.4) is 0 Å². The Hall–Kier alpha value is -1.63. The summed E-state index contributed by atoms with van der Waals surface area (Å²) in [7, 11) is 0. The number of halogens is 3. The van der Waals surface area contributed by atoms with Gasteiger partial charge in [-0.3, -0.25) is 0 Å². The maximum atomic E-state index is 12.7. The van der Waals surface area contributed by atoms with Gasteiger partial charge < -0.3 is 5.32 Å². The van der Waals surface area contributed by atoms with Gasteiger partial charge in [-0.25, -0.2) is 0 Å². The summed E-state index contributed by atoms with van der Waals surface area (Å²) in [5.74, 6) is 0.530. The fourth-order valence-corrected chi connectivity index (χ4v) is 3.04. The second-order valence-electron chi connectivity index (χ2n) is 5.21. The average molecular weight is 313 g/mol. The molecule has 1 saturated carbocycles. The molecule has 1 unspecified atom stereocenters. The van der Waals surface area contributed by atoms with Gasteiger partial charge in [-0.1, -0.05) is 23.5 Å². The minimum atomic E-state index is -4.32. The summed E-state index contributed by atoms with van der Waals surface area (Å²) in [4.78, 5) is 0. The minimum Gasteiger partial charge on any atom is -0.354 e. The average Bonchev–Trinajstić information content (AvgIpc) is 3.19. The molecule has 112 valence electrons. The summed E-state index contributed by atoms with van der Waals surface area (Å²) in [6.07, 6.45) is -2.02. The Morgan fingerprint density at radius 3 is 2.71 bits per heavy atom. The van der Waals surface area contributed by atoms with E-state index < -0.39 is 11.7 Å². The van der Waals surface area contributed by atoms with Crippen molar-refractivity contribution in [3.05, 3.63) is 40.4 Å². The van der Waals surface area contributed by atoms with Crippen molar-refractivity contribution in [1.29, 1.82) is 0 Å². The highest BCUT2D eigenvalue weighted by Gasteiger charge is 2.31. The molecule has 0 amide bonds. The van der Waals surface area contributed by atoms with Crippen LogP contribution < -0.4 is 5.32 Å².